The molecule has 0 aliphatic rings. The number of sulfonamides is 1. The fourth-order valence-electron chi connectivity index (χ4n) is 3.00. The maximum Gasteiger partial charge on any atom is 0.270 e. The first-order valence-electron chi connectivity index (χ1n) is 8.71. The van der Waals surface area contributed by atoms with Gasteiger partial charge in [0, 0.05) is 12.1 Å². The smallest absolute Gasteiger partial charge is 0.259 e. The van der Waals surface area contributed by atoms with Crippen LogP contribution in [0, 0.1) is 17.0 Å². The van der Waals surface area contributed by atoms with E-state index in [2.05, 4.69) is 0 Å². The number of non-ortho nitro benzene ring substituents is 1. The Labute approximate surface area is 164 Å². The highest BCUT2D eigenvalue weighted by atomic mass is 32.2. The molecule has 7 heteroatoms. The second-order valence-electron chi connectivity index (χ2n) is 6.48. The highest BCUT2D eigenvalue weighted by Gasteiger charge is 2.31. The molecule has 0 aliphatic carbocycles. The van der Waals surface area contributed by atoms with E-state index in [0.717, 1.165) is 17.2 Å². The highest BCUT2D eigenvalue weighted by Crippen LogP contribution is 2.34. The SMILES string of the molecule is Cc1ccc([C@@H](C)N(c2ccccc2)S(=O)(=O)c2cccc([N+](=O)[O-])c2)cc1. The summed E-state index contributed by atoms with van der Waals surface area (Å²) in [4.78, 5) is 10.4. The summed E-state index contributed by atoms with van der Waals surface area (Å²) in [6.45, 7) is 3.76. The summed E-state index contributed by atoms with van der Waals surface area (Å²) in [6, 6.07) is 21.0. The maximum absolute atomic E-state index is 13.5. The summed E-state index contributed by atoms with van der Waals surface area (Å²) in [5.74, 6) is 0. The van der Waals surface area contributed by atoms with E-state index < -0.39 is 21.0 Å². The van der Waals surface area contributed by atoms with Gasteiger partial charge in [-0.05, 0) is 37.6 Å². The zero-order valence-electron chi connectivity index (χ0n) is 15.5. The molecule has 0 aliphatic heterocycles. The Kier molecular flexibility index (Phi) is 5.46. The summed E-state index contributed by atoms with van der Waals surface area (Å²) in [5.41, 5.74) is 2.12. The predicted molar refractivity (Wildman–Crippen MR) is 109 cm³/mol. The van der Waals surface area contributed by atoms with Gasteiger partial charge in [-0.15, -0.1) is 0 Å². The first-order valence-corrected chi connectivity index (χ1v) is 10.2. The number of rotatable bonds is 6. The molecule has 3 rings (SSSR count). The Bertz CT molecular complexity index is 1080. The van der Waals surface area contributed by atoms with Crippen molar-refractivity contribution in [2.24, 2.45) is 0 Å². The fraction of sp³-hybridized carbons (Fsp3) is 0.143. The molecule has 144 valence electrons. The summed E-state index contributed by atoms with van der Waals surface area (Å²) in [5, 5.41) is 11.1. The quantitative estimate of drug-likeness (QED) is 0.440. The molecule has 0 radical (unpaired) electrons. The van der Waals surface area contributed by atoms with Crippen molar-refractivity contribution in [1.29, 1.82) is 0 Å². The largest absolute Gasteiger partial charge is 0.270 e. The fourth-order valence-corrected chi connectivity index (χ4v) is 4.68. The molecule has 28 heavy (non-hydrogen) atoms. The van der Waals surface area contributed by atoms with Crippen molar-refractivity contribution in [1.82, 2.24) is 0 Å². The summed E-state index contributed by atoms with van der Waals surface area (Å²) in [6.07, 6.45) is 0. The lowest BCUT2D eigenvalue weighted by Gasteiger charge is -2.31. The zero-order chi connectivity index (χ0) is 20.3. The second kappa shape index (κ2) is 7.82. The molecule has 3 aromatic carbocycles. The van der Waals surface area contributed by atoms with Crippen LogP contribution >= 0.6 is 0 Å². The molecular weight excluding hydrogens is 376 g/mol. The standard InChI is InChI=1S/C21H20N2O4S/c1-16-11-13-18(14-12-16)17(2)22(19-7-4-3-5-8-19)28(26,27)21-10-6-9-20(15-21)23(24)25/h3-15,17H,1-2H3/t17-/m1/s1. The number of para-hydroxylation sites is 1. The summed E-state index contributed by atoms with van der Waals surface area (Å²) >= 11 is 0. The third-order valence-electron chi connectivity index (χ3n) is 4.51. The number of nitrogens with zero attached hydrogens (tertiary/aromatic N) is 2. The van der Waals surface area contributed by atoms with Crippen LogP contribution in [-0.2, 0) is 10.0 Å². The molecule has 0 aromatic heterocycles. The van der Waals surface area contributed by atoms with Gasteiger partial charge in [0.1, 0.15) is 0 Å². The van der Waals surface area contributed by atoms with Crippen LogP contribution in [0.25, 0.3) is 0 Å². The van der Waals surface area contributed by atoms with E-state index in [1.54, 1.807) is 37.3 Å². The molecule has 0 amide bonds. The predicted octanol–water partition coefficient (Wildman–Crippen LogP) is 4.86. The molecule has 3 aromatic rings. The van der Waals surface area contributed by atoms with E-state index in [4.69, 9.17) is 0 Å². The van der Waals surface area contributed by atoms with Gasteiger partial charge in [0.25, 0.3) is 15.7 Å². The van der Waals surface area contributed by atoms with Gasteiger partial charge in [-0.25, -0.2) is 8.42 Å². The molecule has 0 N–H and O–H groups in total. The topological polar surface area (TPSA) is 80.5 Å². The summed E-state index contributed by atoms with van der Waals surface area (Å²) < 4.78 is 28.3. The van der Waals surface area contributed by atoms with E-state index in [1.165, 1.54) is 22.5 Å². The van der Waals surface area contributed by atoms with Crippen molar-refractivity contribution in [2.45, 2.75) is 24.8 Å². The minimum absolute atomic E-state index is 0.121. The van der Waals surface area contributed by atoms with Gasteiger partial charge in [0.15, 0.2) is 0 Å². The zero-order valence-corrected chi connectivity index (χ0v) is 16.3. The van der Waals surface area contributed by atoms with Crippen molar-refractivity contribution in [2.75, 3.05) is 4.31 Å². The Morgan fingerprint density at radius 2 is 1.57 bits per heavy atom. The third-order valence-corrected chi connectivity index (χ3v) is 6.40. The van der Waals surface area contributed by atoms with Crippen LogP contribution in [0.5, 0.6) is 0 Å². The molecule has 0 saturated carbocycles. The molecule has 6 nitrogen and oxygen atoms in total. The number of hydrogen-bond acceptors (Lipinski definition) is 4. The Hall–Kier alpha value is -3.19. The second-order valence-corrected chi connectivity index (χ2v) is 8.29. The van der Waals surface area contributed by atoms with Crippen molar-refractivity contribution in [3.8, 4) is 0 Å². The van der Waals surface area contributed by atoms with Crippen molar-refractivity contribution in [3.05, 3.63) is 100 Å². The normalized spacial score (nSPS) is 12.4. The van der Waals surface area contributed by atoms with Crippen molar-refractivity contribution >= 4 is 21.4 Å². The van der Waals surface area contributed by atoms with Crippen LogP contribution in [0.1, 0.15) is 24.1 Å². The van der Waals surface area contributed by atoms with Gasteiger partial charge in [-0.2, -0.15) is 0 Å². The number of hydrogen-bond donors (Lipinski definition) is 0. The van der Waals surface area contributed by atoms with Gasteiger partial charge in [-0.3, -0.25) is 14.4 Å². The first kappa shape index (κ1) is 19.6. The number of aryl methyl sites for hydroxylation is 1. The minimum atomic E-state index is -4.04. The van der Waals surface area contributed by atoms with Gasteiger partial charge in [0.05, 0.1) is 21.5 Å². The molecule has 1 atom stereocenters. The molecule has 0 fully saturated rings. The number of anilines is 1. The Balaban J connectivity index is 2.14. The minimum Gasteiger partial charge on any atom is -0.259 e. The van der Waals surface area contributed by atoms with E-state index in [1.807, 2.05) is 31.2 Å². The van der Waals surface area contributed by atoms with Crippen LogP contribution in [0.15, 0.2) is 83.8 Å². The van der Waals surface area contributed by atoms with E-state index in [0.29, 0.717) is 5.69 Å². The first-order chi connectivity index (χ1) is 13.3. The van der Waals surface area contributed by atoms with Crippen LogP contribution in [0.2, 0.25) is 0 Å². The molecule has 0 spiro atoms. The van der Waals surface area contributed by atoms with Crippen molar-refractivity contribution in [3.63, 3.8) is 0 Å². The lowest BCUT2D eigenvalue weighted by Crippen LogP contribution is -2.33. The summed E-state index contributed by atoms with van der Waals surface area (Å²) in [7, 11) is -4.04. The van der Waals surface area contributed by atoms with Crippen LogP contribution in [0.4, 0.5) is 11.4 Å². The average Bonchev–Trinajstić information content (AvgIpc) is 2.69. The number of nitro benzene ring substituents is 1. The molecular formula is C21H20N2O4S. The lowest BCUT2D eigenvalue weighted by atomic mass is 10.1. The van der Waals surface area contributed by atoms with Crippen LogP contribution in [-0.4, -0.2) is 13.3 Å². The third kappa shape index (κ3) is 3.89. The van der Waals surface area contributed by atoms with Gasteiger partial charge >= 0.3 is 0 Å². The van der Waals surface area contributed by atoms with Crippen LogP contribution in [0.3, 0.4) is 0 Å². The van der Waals surface area contributed by atoms with Gasteiger partial charge in [0.2, 0.25) is 0 Å². The molecule has 0 bridgehead atoms. The van der Waals surface area contributed by atoms with E-state index in [9.17, 15) is 18.5 Å². The Morgan fingerprint density at radius 3 is 2.18 bits per heavy atom. The molecule has 0 unspecified atom stereocenters. The van der Waals surface area contributed by atoms with E-state index >= 15 is 0 Å². The molecule has 0 saturated heterocycles. The van der Waals surface area contributed by atoms with E-state index in [-0.39, 0.29) is 10.6 Å². The Morgan fingerprint density at radius 1 is 0.929 bits per heavy atom. The van der Waals surface area contributed by atoms with Gasteiger partial charge < -0.3 is 0 Å². The lowest BCUT2D eigenvalue weighted by molar-refractivity contribution is -0.385. The monoisotopic (exact) mass is 396 g/mol. The van der Waals surface area contributed by atoms with Crippen LogP contribution < -0.4 is 4.31 Å². The van der Waals surface area contributed by atoms with Gasteiger partial charge in [-0.1, -0.05) is 54.1 Å². The van der Waals surface area contributed by atoms with Crippen molar-refractivity contribution < 1.29 is 13.3 Å². The average molecular weight is 396 g/mol. The number of nitro groups is 1. The number of benzene rings is 3. The molecule has 0 heterocycles. The maximum atomic E-state index is 13.5. The highest BCUT2D eigenvalue weighted by molar-refractivity contribution is 7.92.